The maximum absolute atomic E-state index is 14.0. The number of carbonyl (C=O) groups excluding carboxylic acids is 1. The average molecular weight is 253 g/mol. The van der Waals surface area contributed by atoms with Gasteiger partial charge in [0.1, 0.15) is 17.2 Å². The van der Waals surface area contributed by atoms with Gasteiger partial charge >= 0.3 is 0 Å². The molecule has 0 atom stereocenters. The second kappa shape index (κ2) is 5.65. The summed E-state index contributed by atoms with van der Waals surface area (Å²) in [6.45, 7) is 3.00. The highest BCUT2D eigenvalue weighted by atomic mass is 19.1. The average Bonchev–Trinajstić information content (AvgIpc) is 2.33. The number of rotatable bonds is 5. The summed E-state index contributed by atoms with van der Waals surface area (Å²) in [6, 6.07) is 3.19. The minimum absolute atomic E-state index is 0.121. The molecule has 0 amide bonds. The van der Waals surface area contributed by atoms with Gasteiger partial charge in [0.25, 0.3) is 0 Å². The smallest absolute Gasteiger partial charge is 0.235 e. The zero-order chi connectivity index (χ0) is 13.8. The molecule has 0 saturated carbocycles. The Bertz CT molecular complexity index is 474. The highest BCUT2D eigenvalue weighted by Crippen LogP contribution is 2.37. The van der Waals surface area contributed by atoms with Crippen molar-refractivity contribution in [1.29, 1.82) is 0 Å². The number of aliphatic imine (C=N–C) groups is 1. The van der Waals surface area contributed by atoms with Gasteiger partial charge in [0.15, 0.2) is 0 Å². The Morgan fingerprint density at radius 1 is 1.28 bits per heavy atom. The summed E-state index contributed by atoms with van der Waals surface area (Å²) in [5.41, 5.74) is -0.517. The van der Waals surface area contributed by atoms with E-state index in [1.165, 1.54) is 34.1 Å². The van der Waals surface area contributed by atoms with E-state index in [4.69, 9.17) is 9.47 Å². The first-order chi connectivity index (χ1) is 8.43. The van der Waals surface area contributed by atoms with Crippen LogP contribution < -0.4 is 9.47 Å². The molecule has 1 rings (SSSR count). The first-order valence-electron chi connectivity index (χ1n) is 5.42. The fraction of sp³-hybridized carbons (Fsp3) is 0.462. The lowest BCUT2D eigenvalue weighted by Crippen LogP contribution is -2.12. The summed E-state index contributed by atoms with van der Waals surface area (Å²) < 4.78 is 24.4. The van der Waals surface area contributed by atoms with Crippen molar-refractivity contribution >= 4 is 6.08 Å². The normalized spacial score (nSPS) is 10.7. The second-order valence-electron chi connectivity index (χ2n) is 4.24. The Hall–Kier alpha value is -1.87. The molecule has 1 aromatic rings. The summed E-state index contributed by atoms with van der Waals surface area (Å²) in [7, 11) is 2.94. The minimum atomic E-state index is -1.55. The Balaban J connectivity index is 3.36. The number of hydrogen-bond acceptors (Lipinski definition) is 4. The molecule has 5 heteroatoms. The van der Waals surface area contributed by atoms with Crippen LogP contribution in [0.1, 0.15) is 25.0 Å². The van der Waals surface area contributed by atoms with Crippen LogP contribution in [-0.2, 0) is 17.0 Å². The third kappa shape index (κ3) is 3.08. The van der Waals surface area contributed by atoms with Crippen LogP contribution in [0.3, 0.4) is 0 Å². The number of nitrogens with zero attached hydrogens (tertiary/aromatic N) is 1. The molecular weight excluding hydrogens is 237 g/mol. The van der Waals surface area contributed by atoms with Gasteiger partial charge in [0.2, 0.25) is 6.08 Å². The van der Waals surface area contributed by atoms with E-state index in [0.717, 1.165) is 0 Å². The fourth-order valence-corrected chi connectivity index (χ4v) is 1.67. The monoisotopic (exact) mass is 253 g/mol. The van der Waals surface area contributed by atoms with Crippen LogP contribution in [0.5, 0.6) is 11.5 Å². The minimum Gasteiger partial charge on any atom is -0.496 e. The van der Waals surface area contributed by atoms with Gasteiger partial charge in [0, 0.05) is 11.1 Å². The first kappa shape index (κ1) is 14.2. The van der Waals surface area contributed by atoms with Crippen LogP contribution >= 0.6 is 0 Å². The first-order valence-corrected chi connectivity index (χ1v) is 5.42. The van der Waals surface area contributed by atoms with Crippen molar-refractivity contribution in [3.8, 4) is 11.5 Å². The van der Waals surface area contributed by atoms with Gasteiger partial charge in [-0.25, -0.2) is 14.2 Å². The predicted octanol–water partition coefficient (Wildman–Crippen LogP) is 2.74. The Labute approximate surface area is 105 Å². The second-order valence-corrected chi connectivity index (χ2v) is 4.24. The van der Waals surface area contributed by atoms with Crippen LogP contribution in [-0.4, -0.2) is 20.3 Å². The van der Waals surface area contributed by atoms with Crippen molar-refractivity contribution in [3.05, 3.63) is 23.3 Å². The van der Waals surface area contributed by atoms with Crippen molar-refractivity contribution in [2.24, 2.45) is 4.99 Å². The summed E-state index contributed by atoms with van der Waals surface area (Å²) in [5, 5.41) is 0. The molecule has 0 aliphatic heterocycles. The lowest BCUT2D eigenvalue weighted by Gasteiger charge is -2.20. The number of isocyanates is 1. The fourth-order valence-electron chi connectivity index (χ4n) is 1.67. The number of benzene rings is 1. The highest BCUT2D eigenvalue weighted by molar-refractivity contribution is 5.49. The van der Waals surface area contributed by atoms with Gasteiger partial charge in [-0.15, -0.1) is 0 Å². The summed E-state index contributed by atoms with van der Waals surface area (Å²) >= 11 is 0. The number of methoxy groups -OCH3 is 2. The summed E-state index contributed by atoms with van der Waals surface area (Å²) in [4.78, 5) is 13.6. The van der Waals surface area contributed by atoms with Crippen LogP contribution in [0, 0.1) is 0 Å². The topological polar surface area (TPSA) is 47.9 Å². The van der Waals surface area contributed by atoms with Crippen molar-refractivity contribution in [2.75, 3.05) is 14.2 Å². The summed E-state index contributed by atoms with van der Waals surface area (Å²) in [6.07, 6.45) is 1.45. The Morgan fingerprint density at radius 3 is 2.33 bits per heavy atom. The SMILES string of the molecule is COc1cc(C(C)(C)F)c(OC)cc1CN=C=O. The van der Waals surface area contributed by atoms with E-state index in [-0.39, 0.29) is 6.54 Å². The third-order valence-corrected chi connectivity index (χ3v) is 2.56. The van der Waals surface area contributed by atoms with Crippen LogP contribution in [0.4, 0.5) is 4.39 Å². The molecule has 1 aromatic carbocycles. The largest absolute Gasteiger partial charge is 0.496 e. The molecule has 98 valence electrons. The summed E-state index contributed by atoms with van der Waals surface area (Å²) in [5.74, 6) is 0.870. The Kier molecular flexibility index (Phi) is 4.45. The quantitative estimate of drug-likeness (QED) is 0.598. The molecule has 0 spiro atoms. The molecular formula is C13H16FNO3. The van der Waals surface area contributed by atoms with Gasteiger partial charge in [-0.05, 0) is 26.0 Å². The highest BCUT2D eigenvalue weighted by Gasteiger charge is 2.25. The number of halogens is 1. The number of ether oxygens (including phenoxy) is 2. The lowest BCUT2D eigenvalue weighted by molar-refractivity contribution is 0.212. The maximum Gasteiger partial charge on any atom is 0.235 e. The van der Waals surface area contributed by atoms with Crippen molar-refractivity contribution in [1.82, 2.24) is 0 Å². The predicted molar refractivity (Wildman–Crippen MR) is 65.5 cm³/mol. The molecule has 0 saturated heterocycles. The molecule has 0 heterocycles. The van der Waals surface area contributed by atoms with E-state index in [9.17, 15) is 9.18 Å². The van der Waals surface area contributed by atoms with Gasteiger partial charge in [0.05, 0.1) is 20.8 Å². The molecule has 0 aromatic heterocycles. The number of hydrogen-bond donors (Lipinski definition) is 0. The molecule has 0 N–H and O–H groups in total. The van der Waals surface area contributed by atoms with E-state index in [0.29, 0.717) is 22.6 Å². The standard InChI is InChI=1S/C13H16FNO3/c1-13(2,14)10-6-11(17-3)9(7-15-8-16)5-12(10)18-4/h5-6H,7H2,1-4H3. The van der Waals surface area contributed by atoms with E-state index < -0.39 is 5.67 Å². The van der Waals surface area contributed by atoms with Crippen molar-refractivity contribution in [3.63, 3.8) is 0 Å². The van der Waals surface area contributed by atoms with Crippen molar-refractivity contribution in [2.45, 2.75) is 26.1 Å². The Morgan fingerprint density at radius 2 is 1.89 bits per heavy atom. The van der Waals surface area contributed by atoms with Crippen LogP contribution in [0.25, 0.3) is 0 Å². The van der Waals surface area contributed by atoms with Crippen LogP contribution in [0.15, 0.2) is 17.1 Å². The lowest BCUT2D eigenvalue weighted by atomic mass is 9.96. The van der Waals surface area contributed by atoms with Gasteiger partial charge < -0.3 is 9.47 Å². The molecule has 0 unspecified atom stereocenters. The van der Waals surface area contributed by atoms with Crippen LogP contribution in [0.2, 0.25) is 0 Å². The van der Waals surface area contributed by atoms with E-state index in [1.54, 1.807) is 12.1 Å². The van der Waals surface area contributed by atoms with Gasteiger partial charge in [-0.2, -0.15) is 0 Å². The molecule has 0 bridgehead atoms. The molecule has 0 fully saturated rings. The van der Waals surface area contributed by atoms with E-state index in [2.05, 4.69) is 4.99 Å². The zero-order valence-electron chi connectivity index (χ0n) is 10.9. The molecule has 0 aliphatic carbocycles. The zero-order valence-corrected chi connectivity index (χ0v) is 10.9. The van der Waals surface area contributed by atoms with Gasteiger partial charge in [-0.3, -0.25) is 0 Å². The van der Waals surface area contributed by atoms with E-state index in [1.807, 2.05) is 0 Å². The molecule has 0 radical (unpaired) electrons. The molecule has 0 aliphatic rings. The molecule has 4 nitrogen and oxygen atoms in total. The molecule has 18 heavy (non-hydrogen) atoms. The maximum atomic E-state index is 14.0. The van der Waals surface area contributed by atoms with Crippen molar-refractivity contribution < 1.29 is 18.7 Å². The van der Waals surface area contributed by atoms with Gasteiger partial charge in [-0.1, -0.05) is 0 Å². The number of alkyl halides is 1. The van der Waals surface area contributed by atoms with E-state index >= 15 is 0 Å². The third-order valence-electron chi connectivity index (χ3n) is 2.56.